The molecule has 2 N–H and O–H groups in total. The summed E-state index contributed by atoms with van der Waals surface area (Å²) in [4.78, 5) is 5.89. The largest absolute Gasteiger partial charge is 0.357 e. The molecule has 6 nitrogen and oxygen atoms in total. The molecule has 1 aromatic heterocycles. The van der Waals surface area contributed by atoms with E-state index in [1.807, 2.05) is 22.4 Å². The molecule has 1 heterocycles. The van der Waals surface area contributed by atoms with Crippen LogP contribution in [0.1, 0.15) is 26.6 Å². The van der Waals surface area contributed by atoms with Crippen molar-refractivity contribution >= 4 is 17.7 Å². The lowest BCUT2D eigenvalue weighted by atomic mass is 10.4. The van der Waals surface area contributed by atoms with Gasteiger partial charge >= 0.3 is 0 Å². The second-order valence-electron chi connectivity index (χ2n) is 5.35. The first-order valence-electron chi connectivity index (χ1n) is 8.33. The molecule has 0 saturated carbocycles. The van der Waals surface area contributed by atoms with Crippen molar-refractivity contribution in [2.45, 2.75) is 44.0 Å². The molecule has 2 aromatic rings. The molecule has 0 spiro atoms. The summed E-state index contributed by atoms with van der Waals surface area (Å²) in [5.74, 6) is 1.69. The van der Waals surface area contributed by atoms with Crippen LogP contribution in [0.5, 0.6) is 0 Å². The maximum absolute atomic E-state index is 4.61. The quantitative estimate of drug-likeness (QED) is 0.437. The maximum Gasteiger partial charge on any atom is 0.191 e. The fourth-order valence-electron chi connectivity index (χ4n) is 2.17. The number of aliphatic imine (C=N–C) groups is 1. The molecule has 0 amide bonds. The van der Waals surface area contributed by atoms with Crippen molar-refractivity contribution in [3.63, 3.8) is 0 Å². The first kappa shape index (κ1) is 18.3. The third-order valence-corrected chi connectivity index (χ3v) is 4.51. The van der Waals surface area contributed by atoms with Crippen LogP contribution < -0.4 is 10.6 Å². The van der Waals surface area contributed by atoms with E-state index >= 15 is 0 Å². The summed E-state index contributed by atoms with van der Waals surface area (Å²) in [6.45, 7) is 9.38. The van der Waals surface area contributed by atoms with Gasteiger partial charge in [-0.15, -0.1) is 22.0 Å². The number of hydrogen-bond donors (Lipinski definition) is 2. The van der Waals surface area contributed by atoms with Crippen LogP contribution in [-0.4, -0.2) is 39.1 Å². The predicted octanol–water partition coefficient (Wildman–Crippen LogP) is 2.53. The number of benzene rings is 1. The Labute approximate surface area is 148 Å². The van der Waals surface area contributed by atoms with E-state index in [0.29, 0.717) is 11.8 Å². The molecule has 0 saturated heterocycles. The first-order chi connectivity index (χ1) is 11.7. The maximum atomic E-state index is 4.61. The lowest BCUT2D eigenvalue weighted by Gasteiger charge is -2.15. The highest BCUT2D eigenvalue weighted by atomic mass is 32.2. The molecule has 24 heavy (non-hydrogen) atoms. The van der Waals surface area contributed by atoms with Gasteiger partial charge in [-0.1, -0.05) is 25.1 Å². The van der Waals surface area contributed by atoms with Crippen LogP contribution >= 0.6 is 11.8 Å². The summed E-state index contributed by atoms with van der Waals surface area (Å²) in [6.07, 6.45) is 1.74. The van der Waals surface area contributed by atoms with Gasteiger partial charge in [0.25, 0.3) is 0 Å². The van der Waals surface area contributed by atoms with Crippen molar-refractivity contribution in [2.24, 2.45) is 4.99 Å². The Morgan fingerprint density at radius 1 is 1.25 bits per heavy atom. The molecule has 1 aromatic carbocycles. The number of thioether (sulfide) groups is 1. The highest BCUT2D eigenvalue weighted by Crippen LogP contribution is 2.21. The minimum absolute atomic E-state index is 0.440. The smallest absolute Gasteiger partial charge is 0.191 e. The number of aryl methyl sites for hydroxylation is 1. The topological polar surface area (TPSA) is 67.1 Å². The fourth-order valence-corrected chi connectivity index (χ4v) is 3.12. The molecular weight excluding hydrogens is 320 g/mol. The molecule has 7 heteroatoms. The van der Waals surface area contributed by atoms with Crippen LogP contribution in [0.4, 0.5) is 0 Å². The zero-order chi connectivity index (χ0) is 17.2. The van der Waals surface area contributed by atoms with E-state index in [1.54, 1.807) is 6.33 Å². The predicted molar refractivity (Wildman–Crippen MR) is 100 cm³/mol. The zero-order valence-electron chi connectivity index (χ0n) is 14.6. The number of hydrogen-bond acceptors (Lipinski definition) is 4. The molecule has 0 aliphatic heterocycles. The Morgan fingerprint density at radius 2 is 2.04 bits per heavy atom. The van der Waals surface area contributed by atoms with Crippen LogP contribution in [0, 0.1) is 0 Å². The summed E-state index contributed by atoms with van der Waals surface area (Å²) >= 11 is 1.85. The molecule has 130 valence electrons. The van der Waals surface area contributed by atoms with Gasteiger partial charge in [0, 0.05) is 29.8 Å². The minimum Gasteiger partial charge on any atom is -0.357 e. The van der Waals surface area contributed by atoms with E-state index in [4.69, 9.17) is 0 Å². The van der Waals surface area contributed by atoms with E-state index in [0.717, 1.165) is 31.4 Å². The lowest BCUT2D eigenvalue weighted by molar-refractivity contribution is 0.693. The van der Waals surface area contributed by atoms with Crippen molar-refractivity contribution in [3.8, 4) is 0 Å². The molecule has 0 aliphatic carbocycles. The van der Waals surface area contributed by atoms with E-state index < -0.39 is 0 Å². The fraction of sp³-hybridized carbons (Fsp3) is 0.471. The molecule has 0 bridgehead atoms. The molecular formula is C17H26N6S. The van der Waals surface area contributed by atoms with E-state index in [9.17, 15) is 0 Å². The van der Waals surface area contributed by atoms with Gasteiger partial charge < -0.3 is 15.2 Å². The third kappa shape index (κ3) is 5.88. The molecule has 0 fully saturated rings. The Balaban J connectivity index is 1.87. The van der Waals surface area contributed by atoms with Crippen LogP contribution in [0.25, 0.3) is 0 Å². The molecule has 1 unspecified atom stereocenters. The Kier molecular flexibility index (Phi) is 7.61. The summed E-state index contributed by atoms with van der Waals surface area (Å²) < 4.78 is 2.00. The van der Waals surface area contributed by atoms with Crippen molar-refractivity contribution in [3.05, 3.63) is 42.5 Å². The van der Waals surface area contributed by atoms with E-state index in [1.165, 1.54) is 4.90 Å². The zero-order valence-corrected chi connectivity index (χ0v) is 15.4. The van der Waals surface area contributed by atoms with Gasteiger partial charge in [0.05, 0.1) is 0 Å². The third-order valence-electron chi connectivity index (χ3n) is 3.40. The molecule has 0 radical (unpaired) electrons. The Bertz CT molecular complexity index is 625. The monoisotopic (exact) mass is 346 g/mol. The first-order valence-corrected chi connectivity index (χ1v) is 9.21. The summed E-state index contributed by atoms with van der Waals surface area (Å²) in [5.41, 5.74) is 0. The normalized spacial score (nSPS) is 12.9. The van der Waals surface area contributed by atoms with Crippen molar-refractivity contribution in [2.75, 3.05) is 13.1 Å². The molecule has 0 aliphatic rings. The van der Waals surface area contributed by atoms with Gasteiger partial charge in [-0.2, -0.15) is 0 Å². The summed E-state index contributed by atoms with van der Waals surface area (Å²) in [6, 6.07) is 10.4. The van der Waals surface area contributed by atoms with Crippen molar-refractivity contribution < 1.29 is 0 Å². The van der Waals surface area contributed by atoms with Gasteiger partial charge in [0.15, 0.2) is 11.8 Å². The average molecular weight is 347 g/mol. The number of nitrogens with one attached hydrogen (secondary N) is 2. The van der Waals surface area contributed by atoms with Gasteiger partial charge in [-0.05, 0) is 26.0 Å². The van der Waals surface area contributed by atoms with E-state index in [2.05, 4.69) is 70.9 Å². The van der Waals surface area contributed by atoms with Gasteiger partial charge in [-0.25, -0.2) is 4.99 Å². The van der Waals surface area contributed by atoms with Gasteiger partial charge in [0.2, 0.25) is 0 Å². The SMILES string of the molecule is CCNC(=NCc1nncn1CC)NCC(C)Sc1ccccc1. The second kappa shape index (κ2) is 9.97. The number of guanidine groups is 1. The number of rotatable bonds is 8. The van der Waals surface area contributed by atoms with Gasteiger partial charge in [-0.3, -0.25) is 0 Å². The average Bonchev–Trinajstić information content (AvgIpc) is 3.06. The lowest BCUT2D eigenvalue weighted by Crippen LogP contribution is -2.40. The van der Waals surface area contributed by atoms with Crippen molar-refractivity contribution in [1.82, 2.24) is 25.4 Å². The second-order valence-corrected chi connectivity index (χ2v) is 6.86. The van der Waals surface area contributed by atoms with Crippen LogP contribution in [0.3, 0.4) is 0 Å². The summed E-state index contributed by atoms with van der Waals surface area (Å²) in [5, 5.41) is 15.2. The van der Waals surface area contributed by atoms with Crippen LogP contribution in [-0.2, 0) is 13.1 Å². The van der Waals surface area contributed by atoms with Gasteiger partial charge in [0.1, 0.15) is 12.9 Å². The highest BCUT2D eigenvalue weighted by Gasteiger charge is 2.07. The Hall–Kier alpha value is -2.02. The minimum atomic E-state index is 0.440. The van der Waals surface area contributed by atoms with E-state index in [-0.39, 0.29) is 0 Å². The van der Waals surface area contributed by atoms with Crippen molar-refractivity contribution in [1.29, 1.82) is 0 Å². The summed E-state index contributed by atoms with van der Waals surface area (Å²) in [7, 11) is 0. The highest BCUT2D eigenvalue weighted by molar-refractivity contribution is 8.00. The molecule has 2 rings (SSSR count). The van der Waals surface area contributed by atoms with Crippen LogP contribution in [0.15, 0.2) is 46.5 Å². The number of aromatic nitrogens is 3. The Morgan fingerprint density at radius 3 is 2.75 bits per heavy atom. The van der Waals surface area contributed by atoms with Crippen LogP contribution in [0.2, 0.25) is 0 Å². The molecule has 1 atom stereocenters. The number of nitrogens with zero attached hydrogens (tertiary/aromatic N) is 4. The standard InChI is InChI=1S/C17H26N6S/c1-4-18-17(20-12-16-22-21-13-23(16)5-2)19-11-14(3)24-15-9-7-6-8-10-15/h6-10,13-14H,4-5,11-12H2,1-3H3,(H2,18,19,20).